The monoisotopic (exact) mass is 327 g/mol. The van der Waals surface area contributed by atoms with Gasteiger partial charge in [-0.25, -0.2) is 9.18 Å². The lowest BCUT2D eigenvalue weighted by Gasteiger charge is -2.18. The number of nitrogens with one attached hydrogen (secondary N) is 2. The summed E-state index contributed by atoms with van der Waals surface area (Å²) in [5, 5.41) is 5.43. The minimum absolute atomic E-state index is 0.213. The molecule has 1 heterocycles. The van der Waals surface area contributed by atoms with Gasteiger partial charge in [-0.05, 0) is 43.0 Å². The molecule has 1 aliphatic heterocycles. The molecule has 1 saturated heterocycles. The number of hydrogen-bond donors (Lipinski definition) is 2. The summed E-state index contributed by atoms with van der Waals surface area (Å²) in [5.41, 5.74) is 1.94. The van der Waals surface area contributed by atoms with Gasteiger partial charge in [-0.3, -0.25) is 0 Å². The highest BCUT2D eigenvalue weighted by molar-refractivity contribution is 5.89. The minimum Gasteiger partial charge on any atom is -0.371 e. The first-order valence-corrected chi connectivity index (χ1v) is 8.23. The summed E-state index contributed by atoms with van der Waals surface area (Å²) in [5.74, 6) is 0.0158. The lowest BCUT2D eigenvalue weighted by molar-refractivity contribution is 0.250. The number of anilines is 2. The average Bonchev–Trinajstić information content (AvgIpc) is 3.07. The number of aryl methyl sites for hydroxylation is 1. The van der Waals surface area contributed by atoms with Crippen molar-refractivity contribution in [3.8, 4) is 0 Å². The first-order chi connectivity index (χ1) is 11.6. The number of benzene rings is 2. The Morgan fingerprint density at radius 3 is 2.79 bits per heavy atom. The number of halogens is 1. The van der Waals surface area contributed by atoms with E-state index in [2.05, 4.69) is 27.7 Å². The summed E-state index contributed by atoms with van der Waals surface area (Å²) in [6.45, 7) is 4.17. The van der Waals surface area contributed by atoms with E-state index in [0.717, 1.165) is 19.5 Å². The molecular weight excluding hydrogens is 305 g/mol. The van der Waals surface area contributed by atoms with Gasteiger partial charge in [0.15, 0.2) is 0 Å². The molecule has 0 spiro atoms. The molecule has 0 aromatic heterocycles. The zero-order valence-corrected chi connectivity index (χ0v) is 13.8. The minimum atomic E-state index is -0.385. The number of para-hydroxylation sites is 1. The van der Waals surface area contributed by atoms with Crippen LogP contribution in [0.4, 0.5) is 20.6 Å². The zero-order valence-electron chi connectivity index (χ0n) is 13.8. The fourth-order valence-electron chi connectivity index (χ4n) is 3.02. The van der Waals surface area contributed by atoms with E-state index in [-0.39, 0.29) is 17.5 Å². The fourth-order valence-corrected chi connectivity index (χ4v) is 3.02. The SMILES string of the molecule is Cc1cccc(NC(=O)NCC2CCN(c3ccccc3)C2)c1F. The van der Waals surface area contributed by atoms with E-state index >= 15 is 0 Å². The number of hydrogen-bond acceptors (Lipinski definition) is 2. The number of amides is 2. The quantitative estimate of drug-likeness (QED) is 0.897. The van der Waals surface area contributed by atoms with Crippen molar-refractivity contribution in [3.05, 3.63) is 59.9 Å². The predicted molar refractivity (Wildman–Crippen MR) is 94.9 cm³/mol. The van der Waals surface area contributed by atoms with Crippen molar-refractivity contribution in [1.29, 1.82) is 0 Å². The molecule has 2 amide bonds. The van der Waals surface area contributed by atoms with Crippen LogP contribution < -0.4 is 15.5 Å². The smallest absolute Gasteiger partial charge is 0.319 e. The summed E-state index contributed by atoms with van der Waals surface area (Å²) in [6.07, 6.45) is 1.04. The third-order valence-electron chi connectivity index (χ3n) is 4.40. The van der Waals surface area contributed by atoms with Crippen molar-refractivity contribution in [2.45, 2.75) is 13.3 Å². The van der Waals surface area contributed by atoms with E-state index in [1.165, 1.54) is 5.69 Å². The molecule has 2 N–H and O–H groups in total. The molecule has 24 heavy (non-hydrogen) atoms. The molecule has 0 bridgehead atoms. The standard InChI is InChI=1S/C19H22FN3O/c1-14-6-5-9-17(18(14)20)22-19(24)21-12-15-10-11-23(13-15)16-7-3-2-4-8-16/h2-9,15H,10-13H2,1H3,(H2,21,22,24). The third-order valence-corrected chi connectivity index (χ3v) is 4.40. The van der Waals surface area contributed by atoms with Crippen LogP contribution in [0, 0.1) is 18.7 Å². The Balaban J connectivity index is 1.48. The number of carbonyl (C=O) groups excluding carboxylic acids is 1. The molecule has 1 atom stereocenters. The Morgan fingerprint density at radius 1 is 1.21 bits per heavy atom. The Morgan fingerprint density at radius 2 is 2.00 bits per heavy atom. The van der Waals surface area contributed by atoms with Gasteiger partial charge in [0.1, 0.15) is 5.82 Å². The van der Waals surface area contributed by atoms with Crippen molar-refractivity contribution in [2.75, 3.05) is 29.9 Å². The van der Waals surface area contributed by atoms with E-state index in [9.17, 15) is 9.18 Å². The van der Waals surface area contributed by atoms with E-state index < -0.39 is 0 Å². The topological polar surface area (TPSA) is 44.4 Å². The van der Waals surface area contributed by atoms with Gasteiger partial charge in [-0.1, -0.05) is 30.3 Å². The van der Waals surface area contributed by atoms with Crippen LogP contribution in [-0.2, 0) is 0 Å². The van der Waals surface area contributed by atoms with E-state index in [1.807, 2.05) is 18.2 Å². The third kappa shape index (κ3) is 3.85. The molecule has 1 fully saturated rings. The average molecular weight is 327 g/mol. The number of urea groups is 1. The van der Waals surface area contributed by atoms with Crippen LogP contribution in [-0.4, -0.2) is 25.7 Å². The van der Waals surface area contributed by atoms with Gasteiger partial charge in [0.2, 0.25) is 0 Å². The lowest BCUT2D eigenvalue weighted by Crippen LogP contribution is -2.34. The second-order valence-corrected chi connectivity index (χ2v) is 6.21. The van der Waals surface area contributed by atoms with Crippen LogP contribution in [0.15, 0.2) is 48.5 Å². The number of rotatable bonds is 4. The maximum atomic E-state index is 13.9. The predicted octanol–water partition coefficient (Wildman–Crippen LogP) is 3.78. The van der Waals surface area contributed by atoms with Crippen LogP contribution in [0.3, 0.4) is 0 Å². The lowest BCUT2D eigenvalue weighted by atomic mass is 10.1. The molecule has 5 heteroatoms. The Kier molecular flexibility index (Phi) is 4.99. The van der Waals surface area contributed by atoms with E-state index in [1.54, 1.807) is 25.1 Å². The molecule has 0 saturated carbocycles. The van der Waals surface area contributed by atoms with Gasteiger partial charge >= 0.3 is 6.03 Å². The number of nitrogens with zero attached hydrogens (tertiary/aromatic N) is 1. The van der Waals surface area contributed by atoms with E-state index in [4.69, 9.17) is 0 Å². The summed E-state index contributed by atoms with van der Waals surface area (Å²) in [4.78, 5) is 14.3. The fraction of sp³-hybridized carbons (Fsp3) is 0.316. The largest absolute Gasteiger partial charge is 0.371 e. The van der Waals surface area contributed by atoms with Gasteiger partial charge in [-0.15, -0.1) is 0 Å². The summed E-state index contributed by atoms with van der Waals surface area (Å²) < 4.78 is 13.9. The molecule has 3 rings (SSSR count). The van der Waals surface area contributed by atoms with Crippen LogP contribution >= 0.6 is 0 Å². The molecule has 0 aliphatic carbocycles. The molecule has 2 aromatic carbocycles. The van der Waals surface area contributed by atoms with Crippen molar-refractivity contribution in [1.82, 2.24) is 5.32 Å². The second kappa shape index (κ2) is 7.34. The molecule has 2 aromatic rings. The highest BCUT2D eigenvalue weighted by Gasteiger charge is 2.23. The highest BCUT2D eigenvalue weighted by atomic mass is 19.1. The zero-order chi connectivity index (χ0) is 16.9. The number of carbonyl (C=O) groups is 1. The second-order valence-electron chi connectivity index (χ2n) is 6.21. The van der Waals surface area contributed by atoms with Gasteiger partial charge < -0.3 is 15.5 Å². The van der Waals surface area contributed by atoms with Crippen molar-refractivity contribution in [2.24, 2.45) is 5.92 Å². The normalized spacial score (nSPS) is 16.9. The summed E-state index contributed by atoms with van der Waals surface area (Å²) in [6, 6.07) is 14.9. The Labute approximate surface area is 141 Å². The maximum Gasteiger partial charge on any atom is 0.319 e. The van der Waals surface area contributed by atoms with Crippen LogP contribution in [0.2, 0.25) is 0 Å². The first-order valence-electron chi connectivity index (χ1n) is 8.23. The van der Waals surface area contributed by atoms with Gasteiger partial charge in [0.25, 0.3) is 0 Å². The van der Waals surface area contributed by atoms with Gasteiger partial charge in [-0.2, -0.15) is 0 Å². The molecule has 0 radical (unpaired) electrons. The highest BCUT2D eigenvalue weighted by Crippen LogP contribution is 2.23. The van der Waals surface area contributed by atoms with E-state index in [0.29, 0.717) is 18.0 Å². The van der Waals surface area contributed by atoms with Crippen molar-refractivity contribution in [3.63, 3.8) is 0 Å². The van der Waals surface area contributed by atoms with Crippen LogP contribution in [0.25, 0.3) is 0 Å². The van der Waals surface area contributed by atoms with Crippen LogP contribution in [0.1, 0.15) is 12.0 Å². The summed E-state index contributed by atoms with van der Waals surface area (Å²) in [7, 11) is 0. The molecule has 4 nitrogen and oxygen atoms in total. The Hall–Kier alpha value is -2.56. The molecule has 126 valence electrons. The Bertz CT molecular complexity index is 705. The van der Waals surface area contributed by atoms with Crippen molar-refractivity contribution < 1.29 is 9.18 Å². The van der Waals surface area contributed by atoms with Gasteiger partial charge in [0, 0.05) is 25.3 Å². The molecule has 1 unspecified atom stereocenters. The van der Waals surface area contributed by atoms with Crippen LogP contribution in [0.5, 0.6) is 0 Å². The molecular formula is C19H22FN3O. The van der Waals surface area contributed by atoms with Gasteiger partial charge in [0.05, 0.1) is 5.69 Å². The summed E-state index contributed by atoms with van der Waals surface area (Å²) >= 11 is 0. The maximum absolute atomic E-state index is 13.9. The van der Waals surface area contributed by atoms with Crippen molar-refractivity contribution >= 4 is 17.4 Å². The molecule has 1 aliphatic rings. The first kappa shape index (κ1) is 16.3.